The van der Waals surface area contributed by atoms with Gasteiger partial charge in [0.15, 0.2) is 5.82 Å². The molecule has 7 heteroatoms. The molecule has 6 nitrogen and oxygen atoms in total. The van der Waals surface area contributed by atoms with E-state index < -0.39 is 0 Å². The van der Waals surface area contributed by atoms with Crippen molar-refractivity contribution in [2.75, 3.05) is 10.7 Å². The van der Waals surface area contributed by atoms with Crippen LogP contribution in [0.1, 0.15) is 43.2 Å². The predicted octanol–water partition coefficient (Wildman–Crippen LogP) is 4.92. The minimum absolute atomic E-state index is 0.0277. The van der Waals surface area contributed by atoms with Crippen molar-refractivity contribution in [1.82, 2.24) is 14.9 Å². The molecule has 1 aliphatic carbocycles. The lowest BCUT2D eigenvalue weighted by Gasteiger charge is -2.46. The average Bonchev–Trinajstić information content (AvgIpc) is 3.16. The van der Waals surface area contributed by atoms with Gasteiger partial charge in [-0.25, -0.2) is 4.68 Å². The monoisotopic (exact) mass is 433 g/mol. The molecule has 1 amide bonds. The van der Waals surface area contributed by atoms with Crippen molar-refractivity contribution in [3.63, 3.8) is 0 Å². The zero-order valence-corrected chi connectivity index (χ0v) is 18.7. The maximum absolute atomic E-state index is 13.5. The topological polar surface area (TPSA) is 71.8 Å². The summed E-state index contributed by atoms with van der Waals surface area (Å²) >= 11 is 1.53. The van der Waals surface area contributed by atoms with Crippen LogP contribution >= 0.6 is 11.8 Å². The zero-order chi connectivity index (χ0) is 21.4. The average molecular weight is 434 g/mol. The third-order valence-electron chi connectivity index (χ3n) is 6.20. The first kappa shape index (κ1) is 20.1. The highest BCUT2D eigenvalue weighted by Crippen LogP contribution is 2.44. The number of fused-ring (bicyclic) bond motifs is 1. The quantitative estimate of drug-likeness (QED) is 0.613. The second kappa shape index (κ2) is 8.04. The Morgan fingerprint density at radius 2 is 1.77 bits per heavy atom. The highest BCUT2D eigenvalue weighted by molar-refractivity contribution is 8.00. The molecule has 2 N–H and O–H groups in total. The summed E-state index contributed by atoms with van der Waals surface area (Å²) in [7, 11) is 0. The fourth-order valence-corrected chi connectivity index (χ4v) is 6.05. The van der Waals surface area contributed by atoms with Crippen molar-refractivity contribution >= 4 is 23.4 Å². The van der Waals surface area contributed by atoms with E-state index in [4.69, 9.17) is 0 Å². The molecule has 1 aromatic heterocycles. The maximum atomic E-state index is 13.5. The summed E-state index contributed by atoms with van der Waals surface area (Å²) in [5, 5.41) is 12.5. The molecule has 2 aromatic carbocycles. The van der Waals surface area contributed by atoms with Gasteiger partial charge in [-0.1, -0.05) is 67.4 Å². The molecule has 2 aliphatic rings. The van der Waals surface area contributed by atoms with Crippen molar-refractivity contribution in [3.05, 3.63) is 59.7 Å². The molecule has 1 aliphatic heterocycles. The van der Waals surface area contributed by atoms with Crippen molar-refractivity contribution in [1.29, 1.82) is 0 Å². The standard InChI is InChI=1S/C24H27N5OS/c1-16-13-17(2)15-19(14-16)25-22(30)20-24(11-7-4-8-12-24)28-29-21(26-27-23(29)31-20)18-9-5-3-6-10-18/h3,5-6,9-10,13-15,20,28H,4,7-8,11-12H2,1-2H3,(H,25,30)/t20-/m1/s1. The van der Waals surface area contributed by atoms with E-state index in [9.17, 15) is 4.79 Å². The molecule has 1 saturated carbocycles. The minimum Gasteiger partial charge on any atom is -0.325 e. The lowest BCUT2D eigenvalue weighted by Crippen LogP contribution is -2.59. The molecule has 1 atom stereocenters. The highest BCUT2D eigenvalue weighted by Gasteiger charge is 2.49. The number of aryl methyl sites for hydroxylation is 2. The molecule has 160 valence electrons. The van der Waals surface area contributed by atoms with Crippen LogP contribution in [0.3, 0.4) is 0 Å². The fourth-order valence-electron chi connectivity index (χ4n) is 4.84. The molecule has 3 aromatic rings. The SMILES string of the molecule is Cc1cc(C)cc(NC(=O)[C@H]2Sc3nnc(-c4ccccc4)n3NC23CCCCC3)c1. The summed E-state index contributed by atoms with van der Waals surface area (Å²) in [6.07, 6.45) is 5.34. The van der Waals surface area contributed by atoms with Crippen molar-refractivity contribution in [2.45, 2.75) is 61.9 Å². The second-order valence-corrected chi connectivity index (χ2v) is 9.77. The zero-order valence-electron chi connectivity index (χ0n) is 17.9. The van der Waals surface area contributed by atoms with Crippen LogP contribution in [0.2, 0.25) is 0 Å². The van der Waals surface area contributed by atoms with E-state index in [2.05, 4.69) is 40.9 Å². The normalized spacial score (nSPS) is 19.5. The van der Waals surface area contributed by atoms with Crippen LogP contribution in [0.4, 0.5) is 5.69 Å². The van der Waals surface area contributed by atoms with Gasteiger partial charge in [-0.15, -0.1) is 10.2 Å². The maximum Gasteiger partial charge on any atom is 0.240 e. The van der Waals surface area contributed by atoms with E-state index in [1.54, 1.807) is 0 Å². The molecule has 0 saturated heterocycles. The number of anilines is 1. The second-order valence-electron chi connectivity index (χ2n) is 8.70. The van der Waals surface area contributed by atoms with Crippen molar-refractivity contribution in [2.24, 2.45) is 0 Å². The molecule has 0 radical (unpaired) electrons. The number of thioether (sulfide) groups is 1. The van der Waals surface area contributed by atoms with E-state index in [1.807, 2.05) is 47.1 Å². The Hall–Kier alpha value is -2.80. The van der Waals surface area contributed by atoms with Crippen LogP contribution in [-0.4, -0.2) is 31.6 Å². The summed E-state index contributed by atoms with van der Waals surface area (Å²) in [5.74, 6) is 0.820. The van der Waals surface area contributed by atoms with E-state index in [1.165, 1.54) is 18.2 Å². The number of rotatable bonds is 3. The highest BCUT2D eigenvalue weighted by atomic mass is 32.2. The molecular formula is C24H27N5OS. The van der Waals surface area contributed by atoms with Crippen LogP contribution in [-0.2, 0) is 4.79 Å². The largest absolute Gasteiger partial charge is 0.325 e. The van der Waals surface area contributed by atoms with E-state index >= 15 is 0 Å². The van der Waals surface area contributed by atoms with Crippen LogP contribution in [0.5, 0.6) is 0 Å². The summed E-state index contributed by atoms with van der Waals surface area (Å²) < 4.78 is 1.99. The van der Waals surface area contributed by atoms with Gasteiger partial charge in [0.25, 0.3) is 0 Å². The number of nitrogens with zero attached hydrogens (tertiary/aromatic N) is 3. The summed E-state index contributed by atoms with van der Waals surface area (Å²) in [6.45, 7) is 4.10. The Labute approximate surface area is 186 Å². The van der Waals surface area contributed by atoms with Gasteiger partial charge in [0.05, 0.1) is 5.54 Å². The Bertz CT molecular complexity index is 1080. The first-order chi connectivity index (χ1) is 15.0. The molecule has 5 rings (SSSR count). The molecule has 1 fully saturated rings. The van der Waals surface area contributed by atoms with Gasteiger partial charge in [-0.05, 0) is 49.9 Å². The third-order valence-corrected chi connectivity index (χ3v) is 7.57. The van der Waals surface area contributed by atoms with Gasteiger partial charge in [0.1, 0.15) is 5.25 Å². The van der Waals surface area contributed by atoms with Gasteiger partial charge < -0.3 is 10.7 Å². The Balaban J connectivity index is 1.49. The molecule has 2 heterocycles. The van der Waals surface area contributed by atoms with Gasteiger partial charge in [-0.2, -0.15) is 0 Å². The van der Waals surface area contributed by atoms with E-state index in [-0.39, 0.29) is 16.7 Å². The number of hydrogen-bond acceptors (Lipinski definition) is 5. The molecule has 0 bridgehead atoms. The van der Waals surface area contributed by atoms with E-state index in [0.29, 0.717) is 0 Å². The Morgan fingerprint density at radius 1 is 1.06 bits per heavy atom. The number of hydrogen-bond donors (Lipinski definition) is 2. The van der Waals surface area contributed by atoms with Gasteiger partial charge >= 0.3 is 0 Å². The van der Waals surface area contributed by atoms with Crippen LogP contribution in [0, 0.1) is 13.8 Å². The lowest BCUT2D eigenvalue weighted by atomic mass is 9.79. The lowest BCUT2D eigenvalue weighted by molar-refractivity contribution is -0.117. The van der Waals surface area contributed by atoms with Crippen molar-refractivity contribution in [3.8, 4) is 11.4 Å². The Kier molecular flexibility index (Phi) is 5.22. The van der Waals surface area contributed by atoms with Crippen LogP contribution in [0.25, 0.3) is 11.4 Å². The predicted molar refractivity (Wildman–Crippen MR) is 125 cm³/mol. The number of carbonyl (C=O) groups excluding carboxylic acids is 1. The number of amides is 1. The van der Waals surface area contributed by atoms with Crippen molar-refractivity contribution < 1.29 is 4.79 Å². The van der Waals surface area contributed by atoms with Crippen LogP contribution in [0.15, 0.2) is 53.7 Å². The summed E-state index contributed by atoms with van der Waals surface area (Å²) in [4.78, 5) is 13.5. The van der Waals surface area contributed by atoms with E-state index in [0.717, 1.165) is 59.0 Å². The third kappa shape index (κ3) is 3.82. The fraction of sp³-hybridized carbons (Fsp3) is 0.375. The number of carbonyl (C=O) groups is 1. The molecule has 1 spiro atoms. The van der Waals surface area contributed by atoms with Gasteiger partial charge in [0.2, 0.25) is 11.1 Å². The summed E-state index contributed by atoms with van der Waals surface area (Å²) in [5.41, 5.74) is 7.55. The molecule has 31 heavy (non-hydrogen) atoms. The molecular weight excluding hydrogens is 406 g/mol. The van der Waals surface area contributed by atoms with Crippen LogP contribution < -0.4 is 10.7 Å². The first-order valence-electron chi connectivity index (χ1n) is 10.9. The minimum atomic E-state index is -0.315. The summed E-state index contributed by atoms with van der Waals surface area (Å²) in [6, 6.07) is 16.2. The smallest absolute Gasteiger partial charge is 0.240 e. The first-order valence-corrected chi connectivity index (χ1v) is 11.8. The number of benzene rings is 2. The Morgan fingerprint density at radius 3 is 2.48 bits per heavy atom. The number of aromatic nitrogens is 3. The van der Waals surface area contributed by atoms with Gasteiger partial charge in [-0.3, -0.25) is 4.79 Å². The number of nitrogens with one attached hydrogen (secondary N) is 2. The molecule has 0 unspecified atom stereocenters. The van der Waals surface area contributed by atoms with Gasteiger partial charge in [0, 0.05) is 11.3 Å².